The van der Waals surface area contributed by atoms with Gasteiger partial charge in [0.25, 0.3) is 5.91 Å². The lowest BCUT2D eigenvalue weighted by atomic mass is 9.99. The fourth-order valence-corrected chi connectivity index (χ4v) is 4.23. The lowest BCUT2D eigenvalue weighted by Crippen LogP contribution is -2.32. The third-order valence-corrected chi connectivity index (χ3v) is 6.48. The number of carbonyl (C=O) groups is 1. The minimum absolute atomic E-state index is 0.0621. The maximum atomic E-state index is 13.5. The number of benzene rings is 1. The zero-order valence-electron chi connectivity index (χ0n) is 21.4. The molecule has 0 radical (unpaired) electrons. The fourth-order valence-electron chi connectivity index (χ4n) is 3.50. The van der Waals surface area contributed by atoms with Crippen molar-refractivity contribution >= 4 is 27.6 Å². The molecule has 192 valence electrons. The highest BCUT2D eigenvalue weighted by Crippen LogP contribution is 2.35. The summed E-state index contributed by atoms with van der Waals surface area (Å²) in [5.41, 5.74) is 2.51. The molecule has 1 N–H and O–H groups in total. The molecule has 1 aromatic rings. The van der Waals surface area contributed by atoms with Gasteiger partial charge < -0.3 is 10.1 Å². The van der Waals surface area contributed by atoms with E-state index in [9.17, 15) is 17.6 Å². The minimum Gasteiger partial charge on any atom is -0.437 e. The normalized spacial score (nSPS) is 16.4. The topological polar surface area (TPSA) is 88.1 Å². The second-order valence-corrected chi connectivity index (χ2v) is 11.0. The molecule has 0 saturated carbocycles. The quantitative estimate of drug-likeness (QED) is 0.350. The van der Waals surface area contributed by atoms with Crippen molar-refractivity contribution in [3.05, 3.63) is 64.5 Å². The number of rotatable bonds is 11. The summed E-state index contributed by atoms with van der Waals surface area (Å²) < 4.78 is 45.6. The van der Waals surface area contributed by atoms with E-state index in [0.29, 0.717) is 24.1 Å². The number of ether oxygens (including phenoxy) is 1. The van der Waals surface area contributed by atoms with Crippen LogP contribution in [-0.2, 0) is 19.6 Å². The first-order valence-electron chi connectivity index (χ1n) is 11.7. The summed E-state index contributed by atoms with van der Waals surface area (Å²) in [4.78, 5) is 17.3. The second-order valence-electron chi connectivity index (χ2n) is 9.04. The number of halogens is 1. The molecule has 1 amide bonds. The molecular formula is C26H36FN3O4S. The zero-order chi connectivity index (χ0) is 26.2. The Labute approximate surface area is 208 Å². The molecule has 0 unspecified atom stereocenters. The Hall–Kier alpha value is -2.78. The number of likely N-dealkylation sites (N-methyl/N-ethyl adjacent to an activating group) is 1. The van der Waals surface area contributed by atoms with Crippen LogP contribution in [0.5, 0.6) is 0 Å². The van der Waals surface area contributed by atoms with Gasteiger partial charge in [-0.15, -0.1) is 0 Å². The molecular weight excluding hydrogens is 469 g/mol. The number of allylic oxidation sites excluding steroid dienone is 3. The average Bonchev–Trinajstić information content (AvgIpc) is 3.11. The van der Waals surface area contributed by atoms with Crippen LogP contribution in [0.25, 0.3) is 5.76 Å². The van der Waals surface area contributed by atoms with E-state index in [2.05, 4.69) is 16.4 Å². The first-order chi connectivity index (χ1) is 16.4. The van der Waals surface area contributed by atoms with Gasteiger partial charge in [0.15, 0.2) is 0 Å². The first kappa shape index (κ1) is 28.5. The van der Waals surface area contributed by atoms with Crippen LogP contribution in [-0.4, -0.2) is 51.0 Å². The Balaban J connectivity index is 2.38. The van der Waals surface area contributed by atoms with Crippen molar-refractivity contribution < 1.29 is 22.3 Å². The largest absolute Gasteiger partial charge is 0.437 e. The van der Waals surface area contributed by atoms with Crippen molar-refractivity contribution in [3.8, 4) is 0 Å². The number of hydrogen-bond acceptors (Lipinski definition) is 5. The van der Waals surface area contributed by atoms with Crippen molar-refractivity contribution in [2.75, 3.05) is 26.5 Å². The molecule has 0 aromatic heterocycles. The Bertz CT molecular complexity index is 1130. The van der Waals surface area contributed by atoms with Gasteiger partial charge in [-0.25, -0.2) is 17.8 Å². The summed E-state index contributed by atoms with van der Waals surface area (Å²) in [5.74, 6) is -0.306. The molecule has 0 spiro atoms. The molecule has 0 fully saturated rings. The smallest absolute Gasteiger partial charge is 0.255 e. The summed E-state index contributed by atoms with van der Waals surface area (Å²) in [7, 11) is -1.99. The van der Waals surface area contributed by atoms with Gasteiger partial charge >= 0.3 is 0 Å². The van der Waals surface area contributed by atoms with Crippen molar-refractivity contribution in [2.45, 2.75) is 47.0 Å². The molecule has 7 nitrogen and oxygen atoms in total. The van der Waals surface area contributed by atoms with E-state index in [0.717, 1.165) is 19.1 Å². The number of unbranched alkanes of at least 4 members (excludes halogenated alkanes) is 2. The van der Waals surface area contributed by atoms with Crippen LogP contribution in [0.3, 0.4) is 0 Å². The van der Waals surface area contributed by atoms with Crippen LogP contribution in [0.4, 0.5) is 4.39 Å². The number of carbonyl (C=O) groups excluding carboxylic acids is 1. The number of nitrogens with one attached hydrogen (secondary N) is 1. The van der Waals surface area contributed by atoms with E-state index in [4.69, 9.17) is 4.74 Å². The standard InChI is InChI=1S/C26H36FN3O4S/c1-18(2)10-8-7-9-15-30(35(6,32)33)17-29-26-22(16-19(3)4)23(25(31)28-5)24(34-26)20-11-13-21(27)14-12-20/h10-14,16,19H,7-9,15,17H2,1-6H3,(H,28,31)/b22-16-,29-26+. The average molecular weight is 506 g/mol. The Kier molecular flexibility index (Phi) is 10.4. The number of nitrogens with zero attached hydrogens (tertiary/aromatic N) is 2. The lowest BCUT2D eigenvalue weighted by molar-refractivity contribution is -0.116. The summed E-state index contributed by atoms with van der Waals surface area (Å²) in [6.07, 6.45) is 7.58. The lowest BCUT2D eigenvalue weighted by Gasteiger charge is -2.18. The highest BCUT2D eigenvalue weighted by Gasteiger charge is 2.34. The molecule has 0 atom stereocenters. The van der Waals surface area contributed by atoms with Gasteiger partial charge in [0.05, 0.1) is 11.8 Å². The van der Waals surface area contributed by atoms with Crippen molar-refractivity contribution in [3.63, 3.8) is 0 Å². The second kappa shape index (κ2) is 12.8. The Morgan fingerprint density at radius 3 is 2.40 bits per heavy atom. The van der Waals surface area contributed by atoms with E-state index in [1.807, 2.05) is 33.8 Å². The maximum Gasteiger partial charge on any atom is 0.255 e. The number of hydrogen-bond donors (Lipinski definition) is 1. The van der Waals surface area contributed by atoms with Crippen LogP contribution < -0.4 is 5.32 Å². The van der Waals surface area contributed by atoms with E-state index >= 15 is 0 Å². The van der Waals surface area contributed by atoms with Crippen LogP contribution in [0.2, 0.25) is 0 Å². The molecule has 0 saturated heterocycles. The third kappa shape index (κ3) is 8.43. The van der Waals surface area contributed by atoms with E-state index in [-0.39, 0.29) is 35.7 Å². The highest BCUT2D eigenvalue weighted by atomic mass is 32.2. The van der Waals surface area contributed by atoms with Crippen LogP contribution in [0, 0.1) is 11.7 Å². The molecule has 2 rings (SSSR count). The van der Waals surface area contributed by atoms with E-state index in [1.165, 1.54) is 41.2 Å². The Morgan fingerprint density at radius 1 is 1.20 bits per heavy atom. The minimum atomic E-state index is -3.50. The highest BCUT2D eigenvalue weighted by molar-refractivity contribution is 7.88. The van der Waals surface area contributed by atoms with Gasteiger partial charge in [0.1, 0.15) is 18.2 Å². The predicted octanol–water partition coefficient (Wildman–Crippen LogP) is 4.65. The SMILES string of the molecule is CNC(=O)C1=C(c2ccc(F)cc2)OC(=N/CN(CCCCC=C(C)C)S(C)(=O)=O)/C1=C\C(C)C. The molecule has 1 aliphatic rings. The van der Waals surface area contributed by atoms with Gasteiger partial charge in [0, 0.05) is 24.7 Å². The number of amides is 1. The van der Waals surface area contributed by atoms with Gasteiger partial charge in [-0.3, -0.25) is 4.79 Å². The van der Waals surface area contributed by atoms with Crippen LogP contribution in [0.1, 0.15) is 52.5 Å². The van der Waals surface area contributed by atoms with E-state index < -0.39 is 15.8 Å². The molecule has 1 aromatic carbocycles. The van der Waals surface area contributed by atoms with Gasteiger partial charge in [0.2, 0.25) is 15.9 Å². The Morgan fingerprint density at radius 2 is 1.86 bits per heavy atom. The van der Waals surface area contributed by atoms with Crippen LogP contribution in [0.15, 0.2) is 58.1 Å². The van der Waals surface area contributed by atoms with Crippen molar-refractivity contribution in [1.82, 2.24) is 9.62 Å². The molecule has 35 heavy (non-hydrogen) atoms. The fraction of sp³-hybridized carbons (Fsp3) is 0.462. The number of aliphatic imine (C=N–C) groups is 1. The summed E-state index contributed by atoms with van der Waals surface area (Å²) >= 11 is 0. The predicted molar refractivity (Wildman–Crippen MR) is 139 cm³/mol. The molecule has 1 aliphatic heterocycles. The maximum absolute atomic E-state index is 13.5. The molecule has 0 aliphatic carbocycles. The van der Waals surface area contributed by atoms with Gasteiger partial charge in [-0.2, -0.15) is 4.31 Å². The zero-order valence-corrected chi connectivity index (χ0v) is 22.2. The summed E-state index contributed by atoms with van der Waals surface area (Å²) in [6, 6.07) is 5.63. The summed E-state index contributed by atoms with van der Waals surface area (Å²) in [6.45, 7) is 8.17. The van der Waals surface area contributed by atoms with Crippen molar-refractivity contribution in [1.29, 1.82) is 0 Å². The monoisotopic (exact) mass is 505 g/mol. The summed E-state index contributed by atoms with van der Waals surface area (Å²) in [5, 5.41) is 2.62. The first-order valence-corrected chi connectivity index (χ1v) is 13.5. The van der Waals surface area contributed by atoms with Gasteiger partial charge in [-0.05, 0) is 63.3 Å². The molecule has 1 heterocycles. The van der Waals surface area contributed by atoms with Crippen molar-refractivity contribution in [2.24, 2.45) is 10.9 Å². The third-order valence-electron chi connectivity index (χ3n) is 5.24. The molecule has 0 bridgehead atoms. The molecule has 9 heteroatoms. The van der Waals surface area contributed by atoms with Crippen LogP contribution >= 0.6 is 0 Å². The van der Waals surface area contributed by atoms with Gasteiger partial charge in [-0.1, -0.05) is 31.6 Å². The van der Waals surface area contributed by atoms with E-state index in [1.54, 1.807) is 0 Å². The number of sulfonamides is 1.